The van der Waals surface area contributed by atoms with Crippen molar-refractivity contribution in [3.05, 3.63) is 59.7 Å². The molecule has 1 fully saturated rings. The highest BCUT2D eigenvalue weighted by Crippen LogP contribution is 2.24. The van der Waals surface area contributed by atoms with E-state index in [0.29, 0.717) is 36.1 Å². The van der Waals surface area contributed by atoms with Gasteiger partial charge in [0.2, 0.25) is 5.91 Å². The Morgan fingerprint density at radius 3 is 2.34 bits per heavy atom. The highest BCUT2D eigenvalue weighted by atomic mass is 16.5. The van der Waals surface area contributed by atoms with Crippen LogP contribution < -0.4 is 10.2 Å². The molecule has 2 aromatic rings. The van der Waals surface area contributed by atoms with Gasteiger partial charge in [-0.05, 0) is 43.3 Å². The van der Waals surface area contributed by atoms with Crippen LogP contribution in [0, 0.1) is 0 Å². The summed E-state index contributed by atoms with van der Waals surface area (Å²) in [7, 11) is 0. The minimum absolute atomic E-state index is 0.0493. The number of carbonyl (C=O) groups is 3. The molecule has 2 aliphatic rings. The maximum Gasteiger partial charge on any atom is 0.261 e. The van der Waals surface area contributed by atoms with Gasteiger partial charge >= 0.3 is 0 Å². The summed E-state index contributed by atoms with van der Waals surface area (Å²) in [6, 6.07) is 14.7. The van der Waals surface area contributed by atoms with Gasteiger partial charge in [-0.3, -0.25) is 19.3 Å². The second kappa shape index (κ2) is 8.05. The molecule has 1 saturated heterocycles. The Balaban J connectivity index is 1.32. The van der Waals surface area contributed by atoms with Crippen molar-refractivity contribution in [3.63, 3.8) is 0 Å². The summed E-state index contributed by atoms with van der Waals surface area (Å²) in [6.07, 6.45) is 0.0493. The fourth-order valence-electron chi connectivity index (χ4n) is 3.73. The summed E-state index contributed by atoms with van der Waals surface area (Å²) in [5, 5.41) is 2.83. The van der Waals surface area contributed by atoms with Gasteiger partial charge in [-0.1, -0.05) is 12.1 Å². The first kappa shape index (κ1) is 19.1. The molecule has 29 heavy (non-hydrogen) atoms. The standard InChI is InChI=1S/C22H23N3O4/c1-15-14-29-13-12-24(15)17-8-6-16(7-9-17)23-20(26)10-11-25-21(27)18-4-2-3-5-19(18)22(25)28/h2-9,15H,10-14H2,1H3,(H,23,26). The fraction of sp³-hybridized carbons (Fsp3) is 0.318. The van der Waals surface area contributed by atoms with Crippen LogP contribution in [0.4, 0.5) is 11.4 Å². The van der Waals surface area contributed by atoms with Crippen molar-refractivity contribution >= 4 is 29.1 Å². The topological polar surface area (TPSA) is 79.0 Å². The third kappa shape index (κ3) is 3.86. The molecule has 2 aromatic carbocycles. The predicted octanol–water partition coefficient (Wildman–Crippen LogP) is 2.54. The van der Waals surface area contributed by atoms with Gasteiger partial charge in [-0.2, -0.15) is 0 Å². The summed E-state index contributed by atoms with van der Waals surface area (Å²) < 4.78 is 5.46. The molecule has 0 bridgehead atoms. The van der Waals surface area contributed by atoms with Crippen LogP contribution in [-0.4, -0.2) is 55.0 Å². The SMILES string of the molecule is CC1COCCN1c1ccc(NC(=O)CCN2C(=O)c3ccccc3C2=O)cc1. The van der Waals surface area contributed by atoms with Crippen molar-refractivity contribution in [2.45, 2.75) is 19.4 Å². The number of rotatable bonds is 5. The minimum atomic E-state index is -0.345. The molecule has 1 N–H and O–H groups in total. The van der Waals surface area contributed by atoms with Crippen LogP contribution in [-0.2, 0) is 9.53 Å². The van der Waals surface area contributed by atoms with Crippen LogP contribution in [0.2, 0.25) is 0 Å². The van der Waals surface area contributed by atoms with E-state index in [1.165, 1.54) is 0 Å². The van der Waals surface area contributed by atoms with Gasteiger partial charge in [0.05, 0.1) is 24.3 Å². The minimum Gasteiger partial charge on any atom is -0.377 e. The molecule has 4 rings (SSSR count). The van der Waals surface area contributed by atoms with Crippen LogP contribution in [0.25, 0.3) is 0 Å². The Bertz CT molecular complexity index is 906. The number of nitrogens with zero attached hydrogens (tertiary/aromatic N) is 2. The molecule has 1 unspecified atom stereocenters. The Kier molecular flexibility index (Phi) is 5.31. The summed E-state index contributed by atoms with van der Waals surface area (Å²) in [4.78, 5) is 40.4. The third-order valence-electron chi connectivity index (χ3n) is 5.29. The molecule has 0 radical (unpaired) electrons. The lowest BCUT2D eigenvalue weighted by Crippen LogP contribution is -2.43. The molecule has 0 saturated carbocycles. The lowest BCUT2D eigenvalue weighted by Gasteiger charge is -2.35. The fourth-order valence-corrected chi connectivity index (χ4v) is 3.73. The number of anilines is 2. The van der Waals surface area contributed by atoms with E-state index in [2.05, 4.69) is 17.1 Å². The molecular weight excluding hydrogens is 370 g/mol. The van der Waals surface area contributed by atoms with E-state index in [9.17, 15) is 14.4 Å². The van der Waals surface area contributed by atoms with Crippen LogP contribution in [0.3, 0.4) is 0 Å². The largest absolute Gasteiger partial charge is 0.377 e. The molecule has 0 aromatic heterocycles. The number of imide groups is 1. The van der Waals surface area contributed by atoms with Gasteiger partial charge in [-0.15, -0.1) is 0 Å². The number of ether oxygens (including phenoxy) is 1. The lowest BCUT2D eigenvalue weighted by molar-refractivity contribution is -0.116. The molecule has 7 heteroatoms. The molecule has 150 valence electrons. The number of morpholine rings is 1. The van der Waals surface area contributed by atoms with E-state index in [4.69, 9.17) is 4.74 Å². The lowest BCUT2D eigenvalue weighted by atomic mass is 10.1. The molecule has 2 aliphatic heterocycles. The van der Waals surface area contributed by atoms with Gasteiger partial charge in [0.15, 0.2) is 0 Å². The zero-order valence-corrected chi connectivity index (χ0v) is 16.3. The smallest absolute Gasteiger partial charge is 0.261 e. The Morgan fingerprint density at radius 2 is 1.72 bits per heavy atom. The predicted molar refractivity (Wildman–Crippen MR) is 109 cm³/mol. The van der Waals surface area contributed by atoms with E-state index in [0.717, 1.165) is 17.1 Å². The van der Waals surface area contributed by atoms with Crippen LogP contribution in [0.5, 0.6) is 0 Å². The van der Waals surface area contributed by atoms with E-state index < -0.39 is 0 Å². The molecule has 1 atom stereocenters. The average molecular weight is 393 g/mol. The Hall–Kier alpha value is -3.19. The second-order valence-corrected chi connectivity index (χ2v) is 7.27. The Morgan fingerprint density at radius 1 is 1.07 bits per heavy atom. The molecular formula is C22H23N3O4. The first-order valence-electron chi connectivity index (χ1n) is 9.74. The van der Waals surface area contributed by atoms with Gasteiger partial charge in [0.1, 0.15) is 0 Å². The van der Waals surface area contributed by atoms with Crippen LogP contribution in [0.1, 0.15) is 34.1 Å². The summed E-state index contributed by atoms with van der Waals surface area (Å²) in [6.45, 7) is 4.43. The number of carbonyl (C=O) groups excluding carboxylic acids is 3. The molecule has 2 heterocycles. The van der Waals surface area contributed by atoms with Gasteiger partial charge in [0.25, 0.3) is 11.8 Å². The number of hydrogen-bond donors (Lipinski definition) is 1. The first-order chi connectivity index (χ1) is 14.0. The van der Waals surface area contributed by atoms with Crippen LogP contribution in [0.15, 0.2) is 48.5 Å². The maximum atomic E-state index is 12.4. The number of fused-ring (bicyclic) bond motifs is 1. The van der Waals surface area contributed by atoms with Gasteiger partial charge in [0, 0.05) is 36.9 Å². The number of benzene rings is 2. The maximum absolute atomic E-state index is 12.4. The van der Waals surface area contributed by atoms with Gasteiger partial charge < -0.3 is 15.0 Å². The molecule has 3 amide bonds. The summed E-state index contributed by atoms with van der Waals surface area (Å²) in [5.41, 5.74) is 2.56. The quantitative estimate of drug-likeness (QED) is 0.790. The zero-order valence-electron chi connectivity index (χ0n) is 16.3. The average Bonchev–Trinajstić information content (AvgIpc) is 2.98. The van der Waals surface area contributed by atoms with Crippen molar-refractivity contribution in [2.75, 3.05) is 36.5 Å². The zero-order chi connectivity index (χ0) is 20.4. The number of nitrogens with one attached hydrogen (secondary N) is 1. The van der Waals surface area contributed by atoms with Gasteiger partial charge in [-0.25, -0.2) is 0 Å². The normalized spacial score (nSPS) is 18.7. The molecule has 0 spiro atoms. The van der Waals surface area contributed by atoms with E-state index in [1.54, 1.807) is 24.3 Å². The van der Waals surface area contributed by atoms with E-state index in [1.807, 2.05) is 24.3 Å². The van der Waals surface area contributed by atoms with Crippen molar-refractivity contribution < 1.29 is 19.1 Å². The highest BCUT2D eigenvalue weighted by Gasteiger charge is 2.34. The van der Waals surface area contributed by atoms with E-state index in [-0.39, 0.29) is 30.7 Å². The first-order valence-corrected chi connectivity index (χ1v) is 9.74. The number of amides is 3. The van der Waals surface area contributed by atoms with Crippen molar-refractivity contribution in [3.8, 4) is 0 Å². The third-order valence-corrected chi connectivity index (χ3v) is 5.29. The second-order valence-electron chi connectivity index (χ2n) is 7.27. The van der Waals surface area contributed by atoms with Crippen molar-refractivity contribution in [2.24, 2.45) is 0 Å². The summed E-state index contributed by atoms with van der Waals surface area (Å²) >= 11 is 0. The molecule has 7 nitrogen and oxygen atoms in total. The monoisotopic (exact) mass is 393 g/mol. The highest BCUT2D eigenvalue weighted by molar-refractivity contribution is 6.21. The number of hydrogen-bond acceptors (Lipinski definition) is 5. The van der Waals surface area contributed by atoms with Crippen molar-refractivity contribution in [1.82, 2.24) is 4.90 Å². The Labute approximate surface area is 169 Å². The molecule has 0 aliphatic carbocycles. The van der Waals surface area contributed by atoms with Crippen molar-refractivity contribution in [1.29, 1.82) is 0 Å². The van der Waals surface area contributed by atoms with E-state index >= 15 is 0 Å². The summed E-state index contributed by atoms with van der Waals surface area (Å²) in [5.74, 6) is -0.932. The van der Waals surface area contributed by atoms with Crippen LogP contribution >= 0.6 is 0 Å².